The third-order valence-electron chi connectivity index (χ3n) is 2.85. The number of rotatable bonds is 7. The molecule has 0 atom stereocenters. The van der Waals surface area contributed by atoms with Gasteiger partial charge in [0, 0.05) is 6.54 Å². The van der Waals surface area contributed by atoms with Crippen LogP contribution in [0.2, 0.25) is 0 Å². The molecule has 0 unspecified atom stereocenters. The first-order chi connectivity index (χ1) is 10.3. The van der Waals surface area contributed by atoms with Crippen molar-refractivity contribution < 1.29 is 13.2 Å². The highest BCUT2D eigenvalue weighted by atomic mass is 32.2. The van der Waals surface area contributed by atoms with E-state index in [2.05, 4.69) is 17.0 Å². The van der Waals surface area contributed by atoms with E-state index >= 15 is 0 Å². The quantitative estimate of drug-likeness (QED) is 0.588. The van der Waals surface area contributed by atoms with Crippen LogP contribution in [0.4, 0.5) is 0 Å². The van der Waals surface area contributed by atoms with Crippen LogP contribution in [0, 0.1) is 6.92 Å². The van der Waals surface area contributed by atoms with Gasteiger partial charge in [-0.2, -0.15) is 0 Å². The summed E-state index contributed by atoms with van der Waals surface area (Å²) < 4.78 is 32.6. The Hall–Kier alpha value is -1.34. The minimum absolute atomic E-state index is 0.0373. The standard InChI is InChI=1S/C15H24N2O3S2/c1-5-6-9-16-15(21)17-22(18,19)14-8-7-13(10-12(14)4)20-11(2)3/h7-8,10-11H,5-6,9H2,1-4H3,(H2,16,17,21). The van der Waals surface area contributed by atoms with Gasteiger partial charge in [-0.1, -0.05) is 13.3 Å². The first-order valence-electron chi connectivity index (χ1n) is 7.34. The van der Waals surface area contributed by atoms with E-state index < -0.39 is 10.0 Å². The van der Waals surface area contributed by atoms with Crippen molar-refractivity contribution in [3.05, 3.63) is 23.8 Å². The lowest BCUT2D eigenvalue weighted by molar-refractivity contribution is 0.242. The molecule has 0 radical (unpaired) electrons. The predicted octanol–water partition coefficient (Wildman–Crippen LogP) is 2.74. The fourth-order valence-corrected chi connectivity index (χ4v) is 3.45. The maximum Gasteiger partial charge on any atom is 0.263 e. The van der Waals surface area contributed by atoms with Gasteiger partial charge in [0.05, 0.1) is 11.0 Å². The van der Waals surface area contributed by atoms with Crippen LogP contribution < -0.4 is 14.8 Å². The third-order valence-corrected chi connectivity index (χ3v) is 4.74. The Morgan fingerprint density at radius 1 is 1.36 bits per heavy atom. The van der Waals surface area contributed by atoms with E-state index in [1.54, 1.807) is 19.1 Å². The van der Waals surface area contributed by atoms with E-state index in [9.17, 15) is 8.42 Å². The van der Waals surface area contributed by atoms with E-state index in [-0.39, 0.29) is 16.1 Å². The first-order valence-corrected chi connectivity index (χ1v) is 9.23. The zero-order valence-electron chi connectivity index (χ0n) is 13.5. The lowest BCUT2D eigenvalue weighted by Crippen LogP contribution is -2.39. The largest absolute Gasteiger partial charge is 0.491 e. The molecule has 0 aromatic heterocycles. The summed E-state index contributed by atoms with van der Waals surface area (Å²) in [5.41, 5.74) is 0.613. The number of hydrogen-bond acceptors (Lipinski definition) is 4. The number of ether oxygens (including phenoxy) is 1. The lowest BCUT2D eigenvalue weighted by Gasteiger charge is -2.14. The molecule has 5 nitrogen and oxygen atoms in total. The number of nitrogens with one attached hydrogen (secondary N) is 2. The highest BCUT2D eigenvalue weighted by molar-refractivity contribution is 7.91. The summed E-state index contributed by atoms with van der Waals surface area (Å²) in [6.45, 7) is 8.27. The number of thiocarbonyl (C=S) groups is 1. The minimum atomic E-state index is -3.68. The molecule has 1 aromatic carbocycles. The number of hydrogen-bond donors (Lipinski definition) is 2. The van der Waals surface area contributed by atoms with Crippen molar-refractivity contribution in [2.24, 2.45) is 0 Å². The Bertz CT molecular complexity index is 613. The van der Waals surface area contributed by atoms with Crippen molar-refractivity contribution >= 4 is 27.4 Å². The van der Waals surface area contributed by atoms with Crippen LogP contribution in [-0.2, 0) is 10.0 Å². The van der Waals surface area contributed by atoms with E-state index in [0.29, 0.717) is 17.9 Å². The maximum absolute atomic E-state index is 12.4. The molecule has 0 fully saturated rings. The molecular formula is C15H24N2O3S2. The summed E-state index contributed by atoms with van der Waals surface area (Å²) in [5.74, 6) is 0.648. The van der Waals surface area contributed by atoms with Crippen molar-refractivity contribution in [2.75, 3.05) is 6.54 Å². The predicted molar refractivity (Wildman–Crippen MR) is 92.8 cm³/mol. The smallest absolute Gasteiger partial charge is 0.263 e. The minimum Gasteiger partial charge on any atom is -0.491 e. The second-order valence-corrected chi connectivity index (χ2v) is 7.37. The summed E-state index contributed by atoms with van der Waals surface area (Å²) in [5, 5.41) is 3.00. The molecule has 0 heterocycles. The van der Waals surface area contributed by atoms with Gasteiger partial charge in [0.15, 0.2) is 5.11 Å². The molecule has 0 bridgehead atoms. The molecule has 0 aliphatic carbocycles. The molecule has 2 N–H and O–H groups in total. The molecule has 0 aliphatic heterocycles. The second-order valence-electron chi connectivity index (χ2n) is 5.31. The lowest BCUT2D eigenvalue weighted by atomic mass is 10.2. The van der Waals surface area contributed by atoms with E-state index in [1.807, 2.05) is 13.8 Å². The topological polar surface area (TPSA) is 67.4 Å². The molecule has 0 saturated carbocycles. The summed E-state index contributed by atoms with van der Waals surface area (Å²) >= 11 is 5.02. The molecule has 0 spiro atoms. The summed E-state index contributed by atoms with van der Waals surface area (Å²) in [6.07, 6.45) is 1.98. The SMILES string of the molecule is CCCCNC(=S)NS(=O)(=O)c1ccc(OC(C)C)cc1C. The number of unbranched alkanes of at least 4 members (excludes halogenated alkanes) is 1. The fraction of sp³-hybridized carbons (Fsp3) is 0.533. The zero-order chi connectivity index (χ0) is 16.8. The maximum atomic E-state index is 12.4. The monoisotopic (exact) mass is 344 g/mol. The molecule has 1 aromatic rings. The van der Waals surface area contributed by atoms with Gasteiger partial charge >= 0.3 is 0 Å². The van der Waals surface area contributed by atoms with Gasteiger partial charge in [-0.3, -0.25) is 4.72 Å². The molecular weight excluding hydrogens is 320 g/mol. The van der Waals surface area contributed by atoms with Crippen molar-refractivity contribution in [1.82, 2.24) is 10.0 Å². The Morgan fingerprint density at radius 2 is 2.05 bits per heavy atom. The van der Waals surface area contributed by atoms with Crippen LogP contribution in [0.3, 0.4) is 0 Å². The Kier molecular flexibility index (Phi) is 7.09. The Morgan fingerprint density at radius 3 is 2.59 bits per heavy atom. The molecule has 22 heavy (non-hydrogen) atoms. The van der Waals surface area contributed by atoms with Crippen molar-refractivity contribution in [2.45, 2.75) is 51.5 Å². The number of aryl methyl sites for hydroxylation is 1. The van der Waals surface area contributed by atoms with Gasteiger partial charge in [-0.05, 0) is 63.2 Å². The molecule has 1 rings (SSSR count). The Balaban J connectivity index is 2.82. The molecule has 7 heteroatoms. The number of sulfonamides is 1. The van der Waals surface area contributed by atoms with Crippen LogP contribution in [0.1, 0.15) is 39.2 Å². The molecule has 0 aliphatic rings. The van der Waals surface area contributed by atoms with Gasteiger partial charge in [0.1, 0.15) is 5.75 Å². The van der Waals surface area contributed by atoms with Crippen molar-refractivity contribution in [3.63, 3.8) is 0 Å². The van der Waals surface area contributed by atoms with Crippen molar-refractivity contribution in [3.8, 4) is 5.75 Å². The summed E-state index contributed by atoms with van der Waals surface area (Å²) in [6, 6.07) is 4.89. The normalized spacial score (nSPS) is 11.3. The van der Waals surface area contributed by atoms with Gasteiger partial charge in [-0.15, -0.1) is 0 Å². The summed E-state index contributed by atoms with van der Waals surface area (Å²) in [7, 11) is -3.68. The molecule has 0 amide bonds. The molecule has 124 valence electrons. The van der Waals surface area contributed by atoms with Gasteiger partial charge < -0.3 is 10.1 Å². The van der Waals surface area contributed by atoms with Gasteiger partial charge in [-0.25, -0.2) is 8.42 Å². The Labute approximate surface area is 138 Å². The highest BCUT2D eigenvalue weighted by Gasteiger charge is 2.18. The number of benzene rings is 1. The fourth-order valence-electron chi connectivity index (χ4n) is 1.86. The first kappa shape index (κ1) is 18.7. The van der Waals surface area contributed by atoms with Crippen LogP contribution in [0.5, 0.6) is 5.75 Å². The van der Waals surface area contributed by atoms with Crippen LogP contribution in [0.25, 0.3) is 0 Å². The van der Waals surface area contributed by atoms with Gasteiger partial charge in [0.2, 0.25) is 0 Å². The molecule has 0 saturated heterocycles. The van der Waals surface area contributed by atoms with Gasteiger partial charge in [0.25, 0.3) is 10.0 Å². The second kappa shape index (κ2) is 8.33. The van der Waals surface area contributed by atoms with Crippen LogP contribution in [-0.4, -0.2) is 26.2 Å². The average molecular weight is 345 g/mol. The van der Waals surface area contributed by atoms with E-state index in [4.69, 9.17) is 17.0 Å². The summed E-state index contributed by atoms with van der Waals surface area (Å²) in [4.78, 5) is 0.197. The van der Waals surface area contributed by atoms with E-state index in [1.165, 1.54) is 6.07 Å². The van der Waals surface area contributed by atoms with Crippen molar-refractivity contribution in [1.29, 1.82) is 0 Å². The zero-order valence-corrected chi connectivity index (χ0v) is 15.1. The van der Waals surface area contributed by atoms with E-state index in [0.717, 1.165) is 12.8 Å². The van der Waals surface area contributed by atoms with Crippen LogP contribution in [0.15, 0.2) is 23.1 Å². The highest BCUT2D eigenvalue weighted by Crippen LogP contribution is 2.21. The van der Waals surface area contributed by atoms with Crippen LogP contribution >= 0.6 is 12.2 Å². The average Bonchev–Trinajstić information content (AvgIpc) is 2.37. The third kappa shape index (κ3) is 5.81.